The third kappa shape index (κ3) is 2.41. The third-order valence-electron chi connectivity index (χ3n) is 3.67. The van der Waals surface area contributed by atoms with Crippen LogP contribution in [0.2, 0.25) is 0 Å². The number of aliphatic carboxylic acids is 1. The molecule has 0 aliphatic rings. The number of fused-ring (bicyclic) bond motifs is 3. The fourth-order valence-electron chi connectivity index (χ4n) is 2.70. The Hall–Kier alpha value is -2.92. The highest BCUT2D eigenvalue weighted by atomic mass is 32.1. The van der Waals surface area contributed by atoms with Crippen molar-refractivity contribution in [2.45, 2.75) is 0 Å². The summed E-state index contributed by atoms with van der Waals surface area (Å²) in [6, 6.07) is 14.0. The SMILES string of the molecule is O=C(O)/C=C/c1cc2c([nH]c3ccccc32)c(-c2cccs2)n1. The molecule has 0 saturated heterocycles. The second kappa shape index (κ2) is 5.37. The molecule has 5 heteroatoms. The molecule has 4 nitrogen and oxygen atoms in total. The maximum atomic E-state index is 10.8. The number of carbonyl (C=O) groups is 1. The molecule has 0 radical (unpaired) electrons. The number of nitrogens with one attached hydrogen (secondary N) is 1. The number of para-hydroxylation sites is 1. The van der Waals surface area contributed by atoms with E-state index < -0.39 is 5.97 Å². The Morgan fingerprint density at radius 3 is 2.83 bits per heavy atom. The number of thiophene rings is 1. The molecule has 4 rings (SSSR count). The average molecular weight is 320 g/mol. The number of pyridine rings is 1. The summed E-state index contributed by atoms with van der Waals surface area (Å²) in [4.78, 5) is 19.9. The van der Waals surface area contributed by atoms with Gasteiger partial charge in [0.25, 0.3) is 0 Å². The summed E-state index contributed by atoms with van der Waals surface area (Å²) in [5.74, 6) is -0.983. The van der Waals surface area contributed by atoms with E-state index >= 15 is 0 Å². The number of carboxylic acids is 1. The van der Waals surface area contributed by atoms with Crippen LogP contribution in [0.5, 0.6) is 0 Å². The van der Waals surface area contributed by atoms with Crippen LogP contribution in [0, 0.1) is 0 Å². The first-order chi connectivity index (χ1) is 11.2. The number of hydrogen-bond acceptors (Lipinski definition) is 3. The molecule has 0 aliphatic carbocycles. The van der Waals surface area contributed by atoms with Gasteiger partial charge in [-0.3, -0.25) is 0 Å². The molecule has 0 aliphatic heterocycles. The zero-order valence-corrected chi connectivity index (χ0v) is 12.8. The topological polar surface area (TPSA) is 66.0 Å². The van der Waals surface area contributed by atoms with Gasteiger partial charge in [-0.15, -0.1) is 11.3 Å². The molecule has 0 spiro atoms. The molecule has 1 aromatic carbocycles. The Bertz CT molecular complexity index is 1050. The van der Waals surface area contributed by atoms with Gasteiger partial charge in [0.05, 0.1) is 16.1 Å². The lowest BCUT2D eigenvalue weighted by atomic mass is 10.1. The van der Waals surface area contributed by atoms with E-state index in [1.807, 2.05) is 41.8 Å². The van der Waals surface area contributed by atoms with Gasteiger partial charge in [-0.05, 0) is 29.7 Å². The number of carboxylic acid groups (broad SMARTS) is 1. The van der Waals surface area contributed by atoms with Gasteiger partial charge in [-0.25, -0.2) is 9.78 Å². The highest BCUT2D eigenvalue weighted by molar-refractivity contribution is 7.13. The predicted octanol–water partition coefficient (Wildman–Crippen LogP) is 4.54. The largest absolute Gasteiger partial charge is 0.478 e. The van der Waals surface area contributed by atoms with E-state index in [4.69, 9.17) is 5.11 Å². The van der Waals surface area contributed by atoms with Crippen molar-refractivity contribution in [2.75, 3.05) is 0 Å². The molecule has 0 fully saturated rings. The van der Waals surface area contributed by atoms with Crippen molar-refractivity contribution in [3.63, 3.8) is 0 Å². The van der Waals surface area contributed by atoms with Crippen LogP contribution in [0.1, 0.15) is 5.69 Å². The number of aromatic amines is 1. The van der Waals surface area contributed by atoms with Crippen LogP contribution in [0.4, 0.5) is 0 Å². The van der Waals surface area contributed by atoms with Crippen LogP contribution in [-0.2, 0) is 4.79 Å². The van der Waals surface area contributed by atoms with E-state index in [0.717, 1.165) is 38.5 Å². The molecule has 0 bridgehead atoms. The molecule has 3 aromatic heterocycles. The molecule has 0 amide bonds. The Balaban J connectivity index is 2.06. The smallest absolute Gasteiger partial charge is 0.328 e. The van der Waals surface area contributed by atoms with Crippen molar-refractivity contribution in [1.29, 1.82) is 0 Å². The summed E-state index contributed by atoms with van der Waals surface area (Å²) in [7, 11) is 0. The zero-order valence-electron chi connectivity index (χ0n) is 12.0. The molecular weight excluding hydrogens is 308 g/mol. The van der Waals surface area contributed by atoms with Gasteiger partial charge in [0, 0.05) is 22.4 Å². The van der Waals surface area contributed by atoms with Gasteiger partial charge in [0.15, 0.2) is 0 Å². The van der Waals surface area contributed by atoms with Gasteiger partial charge < -0.3 is 10.1 Å². The van der Waals surface area contributed by atoms with Crippen molar-refractivity contribution >= 4 is 45.2 Å². The van der Waals surface area contributed by atoms with Crippen LogP contribution in [0.25, 0.3) is 38.5 Å². The summed E-state index contributed by atoms with van der Waals surface area (Å²) in [5.41, 5.74) is 3.49. The Labute approximate surface area is 135 Å². The van der Waals surface area contributed by atoms with E-state index in [0.29, 0.717) is 5.69 Å². The fraction of sp³-hybridized carbons (Fsp3) is 0. The Morgan fingerprint density at radius 2 is 2.04 bits per heavy atom. The molecule has 2 N–H and O–H groups in total. The molecular formula is C18H12N2O2S. The van der Waals surface area contributed by atoms with Crippen molar-refractivity contribution < 1.29 is 9.90 Å². The minimum Gasteiger partial charge on any atom is -0.478 e. The third-order valence-corrected chi connectivity index (χ3v) is 4.54. The molecule has 0 atom stereocenters. The van der Waals surface area contributed by atoms with Crippen molar-refractivity contribution in [1.82, 2.24) is 9.97 Å². The standard InChI is InChI=1S/C18H12N2O2S/c21-16(22)8-7-11-10-13-12-4-1-2-5-14(12)20-17(13)18(19-11)15-6-3-9-23-15/h1-10,20H,(H,21,22)/b8-7+. The van der Waals surface area contributed by atoms with Gasteiger partial charge in [-0.2, -0.15) is 0 Å². The lowest BCUT2D eigenvalue weighted by Gasteiger charge is -2.02. The summed E-state index contributed by atoms with van der Waals surface area (Å²) >= 11 is 1.61. The predicted molar refractivity (Wildman–Crippen MR) is 93.6 cm³/mol. The minimum absolute atomic E-state index is 0.632. The number of benzene rings is 1. The monoisotopic (exact) mass is 320 g/mol. The number of aromatic nitrogens is 2. The van der Waals surface area contributed by atoms with Gasteiger partial charge in [0.2, 0.25) is 0 Å². The zero-order chi connectivity index (χ0) is 15.8. The highest BCUT2D eigenvalue weighted by Crippen LogP contribution is 2.34. The molecule has 0 unspecified atom stereocenters. The fourth-order valence-corrected chi connectivity index (χ4v) is 3.42. The summed E-state index contributed by atoms with van der Waals surface area (Å²) in [5, 5.41) is 13.0. The van der Waals surface area contributed by atoms with E-state index in [1.54, 1.807) is 11.3 Å². The maximum Gasteiger partial charge on any atom is 0.328 e. The highest BCUT2D eigenvalue weighted by Gasteiger charge is 2.13. The van der Waals surface area contributed by atoms with Crippen LogP contribution in [-0.4, -0.2) is 21.0 Å². The van der Waals surface area contributed by atoms with E-state index in [1.165, 1.54) is 6.08 Å². The van der Waals surface area contributed by atoms with Crippen molar-refractivity contribution in [3.8, 4) is 10.6 Å². The number of rotatable bonds is 3. The number of nitrogens with zero attached hydrogens (tertiary/aromatic N) is 1. The molecule has 0 saturated carbocycles. The molecule has 3 heterocycles. The first-order valence-corrected chi connectivity index (χ1v) is 7.97. The van der Waals surface area contributed by atoms with E-state index in [9.17, 15) is 4.79 Å². The molecule has 23 heavy (non-hydrogen) atoms. The first-order valence-electron chi connectivity index (χ1n) is 7.09. The minimum atomic E-state index is -0.983. The summed E-state index contributed by atoms with van der Waals surface area (Å²) in [6.45, 7) is 0. The van der Waals surface area contributed by atoms with Crippen LogP contribution in [0.3, 0.4) is 0 Å². The number of H-pyrrole nitrogens is 1. The van der Waals surface area contributed by atoms with Crippen LogP contribution in [0.15, 0.2) is 53.9 Å². The van der Waals surface area contributed by atoms with Crippen molar-refractivity contribution in [2.24, 2.45) is 0 Å². The van der Waals surface area contributed by atoms with E-state index in [2.05, 4.69) is 16.0 Å². The number of hydrogen-bond donors (Lipinski definition) is 2. The molecule has 112 valence electrons. The van der Waals surface area contributed by atoms with Gasteiger partial charge >= 0.3 is 5.97 Å². The lowest BCUT2D eigenvalue weighted by Crippen LogP contribution is -1.90. The quantitative estimate of drug-likeness (QED) is 0.545. The second-order valence-corrected chi connectivity index (χ2v) is 6.09. The van der Waals surface area contributed by atoms with Crippen LogP contribution < -0.4 is 0 Å². The summed E-state index contributed by atoms with van der Waals surface area (Å²) < 4.78 is 0. The maximum absolute atomic E-state index is 10.8. The normalized spacial score (nSPS) is 11.7. The first kappa shape index (κ1) is 13.7. The van der Waals surface area contributed by atoms with Gasteiger partial charge in [0.1, 0.15) is 5.69 Å². The van der Waals surface area contributed by atoms with Crippen LogP contribution >= 0.6 is 11.3 Å². The van der Waals surface area contributed by atoms with Crippen molar-refractivity contribution in [3.05, 3.63) is 59.6 Å². The average Bonchev–Trinajstić information content (AvgIpc) is 3.20. The second-order valence-electron chi connectivity index (χ2n) is 5.14. The molecule has 4 aromatic rings. The lowest BCUT2D eigenvalue weighted by molar-refractivity contribution is -0.131. The summed E-state index contributed by atoms with van der Waals surface area (Å²) in [6.07, 6.45) is 2.64. The Kier molecular flexibility index (Phi) is 3.20. The van der Waals surface area contributed by atoms with E-state index in [-0.39, 0.29) is 0 Å². The van der Waals surface area contributed by atoms with Gasteiger partial charge in [-0.1, -0.05) is 24.3 Å². The Morgan fingerprint density at radius 1 is 1.17 bits per heavy atom.